The molecule has 1 aromatic rings. The molecule has 0 spiro atoms. The van der Waals surface area contributed by atoms with Gasteiger partial charge in [-0.15, -0.1) is 11.3 Å². The molecule has 126 valence electrons. The van der Waals surface area contributed by atoms with Crippen LogP contribution in [0.2, 0.25) is 0 Å². The highest BCUT2D eigenvalue weighted by Crippen LogP contribution is 2.19. The Labute approximate surface area is 141 Å². The van der Waals surface area contributed by atoms with Crippen molar-refractivity contribution in [2.75, 3.05) is 19.6 Å². The number of hydrogen-bond acceptors (Lipinski definition) is 4. The Balaban J connectivity index is 1.71. The number of Topliss-reactive ketones (excluding diaryl/α,β-unsaturated/α-hetero) is 1. The predicted octanol–water partition coefficient (Wildman–Crippen LogP) is 2.48. The Kier molecular flexibility index (Phi) is 6.77. The van der Waals surface area contributed by atoms with Crippen LogP contribution in [0.25, 0.3) is 0 Å². The van der Waals surface area contributed by atoms with E-state index in [-0.39, 0.29) is 36.4 Å². The van der Waals surface area contributed by atoms with E-state index in [0.717, 1.165) is 6.42 Å². The van der Waals surface area contributed by atoms with Gasteiger partial charge in [0.15, 0.2) is 5.78 Å². The summed E-state index contributed by atoms with van der Waals surface area (Å²) in [5.41, 5.74) is 0. The third kappa shape index (κ3) is 5.16. The van der Waals surface area contributed by atoms with Crippen LogP contribution in [0.4, 0.5) is 0 Å². The van der Waals surface area contributed by atoms with Gasteiger partial charge in [-0.1, -0.05) is 13.0 Å². The SMILES string of the molecule is CCCNC(=O)C1CCN(C(=O)CCC(=O)c2cccs2)CC1. The summed E-state index contributed by atoms with van der Waals surface area (Å²) in [6, 6.07) is 3.63. The van der Waals surface area contributed by atoms with Crippen LogP contribution in [-0.2, 0) is 9.59 Å². The monoisotopic (exact) mass is 336 g/mol. The summed E-state index contributed by atoms with van der Waals surface area (Å²) in [6.45, 7) is 3.95. The summed E-state index contributed by atoms with van der Waals surface area (Å²) in [4.78, 5) is 38.5. The number of likely N-dealkylation sites (tertiary alicyclic amines) is 1. The molecule has 1 aromatic heterocycles. The summed E-state index contributed by atoms with van der Waals surface area (Å²) in [5.74, 6) is 0.162. The lowest BCUT2D eigenvalue weighted by molar-refractivity contribution is -0.135. The summed E-state index contributed by atoms with van der Waals surface area (Å²) >= 11 is 1.41. The molecule has 2 heterocycles. The minimum atomic E-state index is 0.0124. The van der Waals surface area contributed by atoms with E-state index in [1.807, 2.05) is 18.4 Å². The van der Waals surface area contributed by atoms with Crippen molar-refractivity contribution in [2.24, 2.45) is 5.92 Å². The molecule has 2 rings (SSSR count). The van der Waals surface area contributed by atoms with Gasteiger partial charge in [0.25, 0.3) is 0 Å². The van der Waals surface area contributed by atoms with E-state index in [1.54, 1.807) is 11.0 Å². The van der Waals surface area contributed by atoms with E-state index in [1.165, 1.54) is 11.3 Å². The number of rotatable bonds is 7. The zero-order valence-electron chi connectivity index (χ0n) is 13.5. The maximum atomic E-state index is 12.2. The lowest BCUT2D eigenvalue weighted by atomic mass is 9.95. The minimum Gasteiger partial charge on any atom is -0.356 e. The second-order valence-corrected chi connectivity index (χ2v) is 6.79. The van der Waals surface area contributed by atoms with Gasteiger partial charge in [0.1, 0.15) is 0 Å². The summed E-state index contributed by atoms with van der Waals surface area (Å²) in [5, 5.41) is 4.78. The molecule has 5 nitrogen and oxygen atoms in total. The van der Waals surface area contributed by atoms with Gasteiger partial charge >= 0.3 is 0 Å². The van der Waals surface area contributed by atoms with Crippen LogP contribution in [0.3, 0.4) is 0 Å². The molecule has 2 amide bonds. The van der Waals surface area contributed by atoms with E-state index < -0.39 is 0 Å². The van der Waals surface area contributed by atoms with Crippen molar-refractivity contribution < 1.29 is 14.4 Å². The quantitative estimate of drug-likeness (QED) is 0.778. The Morgan fingerprint density at radius 1 is 1.26 bits per heavy atom. The van der Waals surface area contributed by atoms with Crippen LogP contribution in [0.15, 0.2) is 17.5 Å². The number of nitrogens with zero attached hydrogens (tertiary/aromatic N) is 1. The van der Waals surface area contributed by atoms with Crippen molar-refractivity contribution in [1.29, 1.82) is 0 Å². The van der Waals surface area contributed by atoms with E-state index in [0.29, 0.717) is 37.4 Å². The van der Waals surface area contributed by atoms with Crippen LogP contribution in [0.5, 0.6) is 0 Å². The highest BCUT2D eigenvalue weighted by Gasteiger charge is 2.27. The molecule has 0 atom stereocenters. The number of ketones is 1. The number of amides is 2. The first-order valence-corrected chi connectivity index (χ1v) is 9.12. The van der Waals surface area contributed by atoms with Crippen LogP contribution < -0.4 is 5.32 Å². The molecule has 1 aliphatic heterocycles. The Morgan fingerprint density at radius 3 is 2.61 bits per heavy atom. The van der Waals surface area contributed by atoms with Crippen LogP contribution in [-0.4, -0.2) is 42.1 Å². The van der Waals surface area contributed by atoms with Crippen molar-refractivity contribution in [1.82, 2.24) is 10.2 Å². The van der Waals surface area contributed by atoms with Gasteiger partial charge in [-0.25, -0.2) is 0 Å². The van der Waals surface area contributed by atoms with Gasteiger partial charge in [-0.3, -0.25) is 14.4 Å². The average molecular weight is 336 g/mol. The second kappa shape index (κ2) is 8.82. The minimum absolute atomic E-state index is 0.0124. The lowest BCUT2D eigenvalue weighted by Gasteiger charge is -2.31. The van der Waals surface area contributed by atoms with Crippen molar-refractivity contribution in [3.05, 3.63) is 22.4 Å². The van der Waals surface area contributed by atoms with Gasteiger partial charge in [0.05, 0.1) is 4.88 Å². The molecule has 0 aromatic carbocycles. The molecule has 6 heteroatoms. The third-order valence-electron chi connectivity index (χ3n) is 4.13. The first-order valence-electron chi connectivity index (χ1n) is 8.24. The Bertz CT molecular complexity index is 534. The van der Waals surface area contributed by atoms with Crippen LogP contribution in [0.1, 0.15) is 48.7 Å². The van der Waals surface area contributed by atoms with Gasteiger partial charge < -0.3 is 10.2 Å². The van der Waals surface area contributed by atoms with Gasteiger partial charge in [0.2, 0.25) is 11.8 Å². The number of nitrogens with one attached hydrogen (secondary N) is 1. The second-order valence-electron chi connectivity index (χ2n) is 5.85. The molecule has 1 saturated heterocycles. The fourth-order valence-corrected chi connectivity index (χ4v) is 3.42. The summed E-state index contributed by atoms with van der Waals surface area (Å²) in [7, 11) is 0. The first kappa shape index (κ1) is 17.7. The maximum Gasteiger partial charge on any atom is 0.223 e. The van der Waals surface area contributed by atoms with Crippen molar-refractivity contribution in [3.8, 4) is 0 Å². The fraction of sp³-hybridized carbons (Fsp3) is 0.588. The van der Waals surface area contributed by atoms with E-state index >= 15 is 0 Å². The van der Waals surface area contributed by atoms with E-state index in [4.69, 9.17) is 0 Å². The Hall–Kier alpha value is -1.69. The first-order chi connectivity index (χ1) is 11.1. The number of piperidine rings is 1. The molecule has 1 fully saturated rings. The number of hydrogen-bond donors (Lipinski definition) is 1. The molecular formula is C17H24N2O3S. The maximum absolute atomic E-state index is 12.2. The predicted molar refractivity (Wildman–Crippen MR) is 90.5 cm³/mol. The number of thiophene rings is 1. The summed E-state index contributed by atoms with van der Waals surface area (Å²) < 4.78 is 0. The molecule has 0 saturated carbocycles. The van der Waals surface area contributed by atoms with Crippen LogP contribution >= 0.6 is 11.3 Å². The summed E-state index contributed by atoms with van der Waals surface area (Å²) in [6.07, 6.45) is 2.86. The van der Waals surface area contributed by atoms with Gasteiger partial charge in [0, 0.05) is 38.4 Å². The highest BCUT2D eigenvalue weighted by molar-refractivity contribution is 7.12. The Morgan fingerprint density at radius 2 is 2.00 bits per heavy atom. The molecule has 0 unspecified atom stereocenters. The topological polar surface area (TPSA) is 66.5 Å². The number of carbonyl (C=O) groups excluding carboxylic acids is 3. The van der Waals surface area contributed by atoms with E-state index in [2.05, 4.69) is 5.32 Å². The lowest BCUT2D eigenvalue weighted by Crippen LogP contribution is -2.43. The number of carbonyl (C=O) groups is 3. The third-order valence-corrected chi connectivity index (χ3v) is 5.04. The molecule has 0 aliphatic carbocycles. The van der Waals surface area contributed by atoms with Crippen LogP contribution in [0, 0.1) is 5.92 Å². The standard InChI is InChI=1S/C17H24N2O3S/c1-2-9-18-17(22)13-7-10-19(11-8-13)16(21)6-5-14(20)15-4-3-12-23-15/h3-4,12-13H,2,5-11H2,1H3,(H,18,22). The normalized spacial score (nSPS) is 15.4. The molecule has 1 N–H and O–H groups in total. The molecule has 1 aliphatic rings. The van der Waals surface area contributed by atoms with Gasteiger partial charge in [-0.2, -0.15) is 0 Å². The highest BCUT2D eigenvalue weighted by atomic mass is 32.1. The zero-order valence-corrected chi connectivity index (χ0v) is 14.4. The fourth-order valence-electron chi connectivity index (χ4n) is 2.72. The van der Waals surface area contributed by atoms with Crippen molar-refractivity contribution >= 4 is 28.9 Å². The van der Waals surface area contributed by atoms with Gasteiger partial charge in [-0.05, 0) is 30.7 Å². The van der Waals surface area contributed by atoms with E-state index in [9.17, 15) is 14.4 Å². The molecular weight excluding hydrogens is 312 g/mol. The average Bonchev–Trinajstić information content (AvgIpc) is 3.12. The molecule has 23 heavy (non-hydrogen) atoms. The smallest absolute Gasteiger partial charge is 0.223 e. The van der Waals surface area contributed by atoms with Crippen molar-refractivity contribution in [3.63, 3.8) is 0 Å². The zero-order chi connectivity index (χ0) is 16.7. The molecule has 0 radical (unpaired) electrons. The molecule has 0 bridgehead atoms. The largest absolute Gasteiger partial charge is 0.356 e. The van der Waals surface area contributed by atoms with Crippen molar-refractivity contribution in [2.45, 2.75) is 39.0 Å².